The third-order valence-electron chi connectivity index (χ3n) is 5.69. The van der Waals surface area contributed by atoms with Gasteiger partial charge in [-0.3, -0.25) is 4.79 Å². The van der Waals surface area contributed by atoms with Crippen LogP contribution in [0.25, 0.3) is 0 Å². The van der Waals surface area contributed by atoms with Crippen molar-refractivity contribution in [3.8, 4) is 0 Å². The number of carbonyl (C=O) groups is 1. The molecule has 0 spiro atoms. The van der Waals surface area contributed by atoms with E-state index in [1.54, 1.807) is 24.3 Å². The lowest BCUT2D eigenvalue weighted by Crippen LogP contribution is -2.32. The van der Waals surface area contributed by atoms with Crippen LogP contribution >= 0.6 is 11.6 Å². The standard InChI is InChI=1S/C29H26ClNO/c30-27-18-16-26(17-19-27)29(32)31(22-23-10-4-1-5-11-23)21-20-28(24-12-6-2-7-13-24)25-14-8-3-9-15-25/h1-19,28H,20-22H2. The molecule has 0 unspecified atom stereocenters. The van der Waals surface area contributed by atoms with Gasteiger partial charge in [0.25, 0.3) is 5.91 Å². The normalized spacial score (nSPS) is 10.8. The fourth-order valence-corrected chi connectivity index (χ4v) is 4.14. The Morgan fingerprint density at radius 3 is 1.72 bits per heavy atom. The Balaban J connectivity index is 1.60. The van der Waals surface area contributed by atoms with E-state index in [4.69, 9.17) is 11.6 Å². The van der Waals surface area contributed by atoms with Crippen LogP contribution in [-0.2, 0) is 6.54 Å². The van der Waals surface area contributed by atoms with E-state index in [1.165, 1.54) is 11.1 Å². The Labute approximate surface area is 195 Å². The molecule has 1 amide bonds. The van der Waals surface area contributed by atoms with Crippen LogP contribution in [0.5, 0.6) is 0 Å². The SMILES string of the molecule is O=C(c1ccc(Cl)cc1)N(CCC(c1ccccc1)c1ccccc1)Cc1ccccc1. The molecule has 4 aromatic carbocycles. The minimum absolute atomic E-state index is 0.0189. The summed E-state index contributed by atoms with van der Waals surface area (Å²) >= 11 is 6.04. The van der Waals surface area contributed by atoms with Crippen molar-refractivity contribution in [3.05, 3.63) is 143 Å². The first-order valence-electron chi connectivity index (χ1n) is 10.9. The second-order valence-corrected chi connectivity index (χ2v) is 8.32. The molecule has 0 radical (unpaired) electrons. The van der Waals surface area contributed by atoms with Gasteiger partial charge in [-0.05, 0) is 47.4 Å². The first-order chi connectivity index (χ1) is 15.7. The molecule has 0 aliphatic heterocycles. The van der Waals surface area contributed by atoms with Crippen LogP contribution in [0.1, 0.15) is 39.4 Å². The van der Waals surface area contributed by atoms with Gasteiger partial charge in [0.2, 0.25) is 0 Å². The van der Waals surface area contributed by atoms with E-state index in [0.29, 0.717) is 23.7 Å². The van der Waals surface area contributed by atoms with Crippen LogP contribution in [0.4, 0.5) is 0 Å². The van der Waals surface area contributed by atoms with Crippen molar-refractivity contribution in [2.45, 2.75) is 18.9 Å². The van der Waals surface area contributed by atoms with Gasteiger partial charge in [0.1, 0.15) is 0 Å². The molecule has 0 saturated heterocycles. The van der Waals surface area contributed by atoms with Gasteiger partial charge >= 0.3 is 0 Å². The molecule has 0 heterocycles. The molecule has 32 heavy (non-hydrogen) atoms. The fraction of sp³-hybridized carbons (Fsp3) is 0.138. The lowest BCUT2D eigenvalue weighted by Gasteiger charge is -2.26. The minimum Gasteiger partial charge on any atom is -0.334 e. The average molecular weight is 440 g/mol. The summed E-state index contributed by atoms with van der Waals surface area (Å²) < 4.78 is 0. The molecule has 0 fully saturated rings. The number of hydrogen-bond acceptors (Lipinski definition) is 1. The summed E-state index contributed by atoms with van der Waals surface area (Å²) in [7, 11) is 0. The highest BCUT2D eigenvalue weighted by molar-refractivity contribution is 6.30. The van der Waals surface area contributed by atoms with Gasteiger partial charge < -0.3 is 4.90 Å². The van der Waals surface area contributed by atoms with E-state index in [1.807, 2.05) is 35.2 Å². The number of carbonyl (C=O) groups excluding carboxylic acids is 1. The van der Waals surface area contributed by atoms with Crippen LogP contribution in [0, 0.1) is 0 Å². The summed E-state index contributed by atoms with van der Waals surface area (Å²) in [6.45, 7) is 1.21. The molecule has 0 aliphatic rings. The highest BCUT2D eigenvalue weighted by Gasteiger charge is 2.20. The molecule has 0 N–H and O–H groups in total. The maximum absolute atomic E-state index is 13.4. The third kappa shape index (κ3) is 5.66. The quantitative estimate of drug-likeness (QED) is 0.284. The Morgan fingerprint density at radius 2 is 1.19 bits per heavy atom. The zero-order valence-electron chi connectivity index (χ0n) is 17.9. The van der Waals surface area contributed by atoms with Gasteiger partial charge in [-0.15, -0.1) is 0 Å². The van der Waals surface area contributed by atoms with Gasteiger partial charge in [-0.2, -0.15) is 0 Å². The Kier molecular flexibility index (Phi) is 7.37. The lowest BCUT2D eigenvalue weighted by atomic mass is 9.88. The van der Waals surface area contributed by atoms with Crippen molar-refractivity contribution in [1.82, 2.24) is 4.90 Å². The summed E-state index contributed by atoms with van der Waals surface area (Å²) in [6, 6.07) is 38.3. The summed E-state index contributed by atoms with van der Waals surface area (Å²) in [6.07, 6.45) is 0.834. The maximum atomic E-state index is 13.4. The summed E-state index contributed by atoms with van der Waals surface area (Å²) in [5.74, 6) is 0.235. The summed E-state index contributed by atoms with van der Waals surface area (Å²) in [5.41, 5.74) is 4.29. The van der Waals surface area contributed by atoms with Gasteiger partial charge in [-0.25, -0.2) is 0 Å². The largest absolute Gasteiger partial charge is 0.334 e. The predicted molar refractivity (Wildman–Crippen MR) is 132 cm³/mol. The molecule has 0 saturated carbocycles. The molecule has 4 aromatic rings. The van der Waals surface area contributed by atoms with E-state index in [0.717, 1.165) is 12.0 Å². The monoisotopic (exact) mass is 439 g/mol. The molecule has 0 aliphatic carbocycles. The second-order valence-electron chi connectivity index (χ2n) is 7.88. The Hall–Kier alpha value is -3.36. The Bertz CT molecular complexity index is 1070. The van der Waals surface area contributed by atoms with Crippen molar-refractivity contribution in [2.75, 3.05) is 6.54 Å². The zero-order valence-corrected chi connectivity index (χ0v) is 18.7. The molecule has 2 nitrogen and oxygen atoms in total. The number of nitrogens with zero attached hydrogens (tertiary/aromatic N) is 1. The molecule has 3 heteroatoms. The van der Waals surface area contributed by atoms with E-state index in [9.17, 15) is 4.79 Å². The average Bonchev–Trinajstić information content (AvgIpc) is 2.85. The topological polar surface area (TPSA) is 20.3 Å². The highest BCUT2D eigenvalue weighted by atomic mass is 35.5. The van der Waals surface area contributed by atoms with Crippen LogP contribution in [0.15, 0.2) is 115 Å². The molecule has 0 atom stereocenters. The Morgan fingerprint density at radius 1 is 0.688 bits per heavy atom. The number of halogens is 1. The summed E-state index contributed by atoms with van der Waals surface area (Å²) in [5, 5.41) is 0.629. The van der Waals surface area contributed by atoms with Crippen LogP contribution in [0.3, 0.4) is 0 Å². The van der Waals surface area contributed by atoms with Crippen molar-refractivity contribution in [1.29, 1.82) is 0 Å². The third-order valence-corrected chi connectivity index (χ3v) is 5.94. The molecule has 0 bridgehead atoms. The molecule has 4 rings (SSSR count). The highest BCUT2D eigenvalue weighted by Crippen LogP contribution is 2.28. The van der Waals surface area contributed by atoms with Crippen LogP contribution in [-0.4, -0.2) is 17.4 Å². The predicted octanol–water partition coefficient (Wildman–Crippen LogP) is 7.20. The number of rotatable bonds is 8. The summed E-state index contributed by atoms with van der Waals surface area (Å²) in [4.78, 5) is 15.4. The van der Waals surface area contributed by atoms with Crippen LogP contribution in [0.2, 0.25) is 5.02 Å². The van der Waals surface area contributed by atoms with Crippen molar-refractivity contribution in [3.63, 3.8) is 0 Å². The number of hydrogen-bond donors (Lipinski definition) is 0. The van der Waals surface area contributed by atoms with E-state index < -0.39 is 0 Å². The first kappa shape index (κ1) is 21.9. The van der Waals surface area contributed by atoms with Crippen molar-refractivity contribution < 1.29 is 4.79 Å². The molecule has 0 aromatic heterocycles. The van der Waals surface area contributed by atoms with Gasteiger partial charge in [0.15, 0.2) is 0 Å². The minimum atomic E-state index is 0.0189. The smallest absolute Gasteiger partial charge is 0.254 e. The van der Waals surface area contributed by atoms with Crippen molar-refractivity contribution >= 4 is 17.5 Å². The number of amides is 1. The van der Waals surface area contributed by atoms with Crippen molar-refractivity contribution in [2.24, 2.45) is 0 Å². The van der Waals surface area contributed by atoms with Gasteiger partial charge in [-0.1, -0.05) is 103 Å². The van der Waals surface area contributed by atoms with E-state index >= 15 is 0 Å². The fourth-order valence-electron chi connectivity index (χ4n) is 4.01. The van der Waals surface area contributed by atoms with E-state index in [2.05, 4.69) is 60.7 Å². The van der Waals surface area contributed by atoms with Crippen LogP contribution < -0.4 is 0 Å². The van der Waals surface area contributed by atoms with Gasteiger partial charge in [0.05, 0.1) is 0 Å². The molecular weight excluding hydrogens is 414 g/mol. The number of benzene rings is 4. The molecule has 160 valence electrons. The lowest BCUT2D eigenvalue weighted by molar-refractivity contribution is 0.0739. The van der Waals surface area contributed by atoms with Gasteiger partial charge in [0, 0.05) is 29.6 Å². The maximum Gasteiger partial charge on any atom is 0.254 e. The molecular formula is C29H26ClNO. The first-order valence-corrected chi connectivity index (χ1v) is 11.3. The zero-order chi connectivity index (χ0) is 22.2. The second kappa shape index (κ2) is 10.8. The van der Waals surface area contributed by atoms with E-state index in [-0.39, 0.29) is 11.8 Å².